The molecule has 0 aliphatic heterocycles. The molecule has 0 radical (unpaired) electrons. The Bertz CT molecular complexity index is 1010. The highest BCUT2D eigenvalue weighted by Crippen LogP contribution is 2.37. The minimum absolute atomic E-state index is 0.353. The summed E-state index contributed by atoms with van der Waals surface area (Å²) in [6.07, 6.45) is 0.353. The average molecular weight is 354 g/mol. The third kappa shape index (κ3) is 3.57. The lowest BCUT2D eigenvalue weighted by Crippen LogP contribution is -2.03. The molecule has 0 unspecified atom stereocenters. The lowest BCUT2D eigenvalue weighted by Gasteiger charge is -2.15. The molecule has 0 fully saturated rings. The van der Waals surface area contributed by atoms with E-state index in [1.54, 1.807) is 6.07 Å². The van der Waals surface area contributed by atoms with Crippen LogP contribution in [0.1, 0.15) is 16.7 Å². The highest BCUT2D eigenvalue weighted by molar-refractivity contribution is 7.86. The number of hydrogen-bond acceptors (Lipinski definition) is 3. The smallest absolute Gasteiger partial charge is 0.298 e. The Morgan fingerprint density at radius 2 is 1.52 bits per heavy atom. The Kier molecular flexibility index (Phi) is 4.61. The van der Waals surface area contributed by atoms with Gasteiger partial charge in [-0.2, -0.15) is 8.42 Å². The molecule has 128 valence electrons. The van der Waals surface area contributed by atoms with Crippen molar-refractivity contribution in [3.05, 3.63) is 83.4 Å². The van der Waals surface area contributed by atoms with Gasteiger partial charge in [0.15, 0.2) is 0 Å². The number of phenolic OH excluding ortho intramolecular Hbond substituents is 1. The summed E-state index contributed by atoms with van der Waals surface area (Å²) >= 11 is 0. The molecular formula is C20H18O4S. The number of hydrogen-bond donors (Lipinski definition) is 2. The lowest BCUT2D eigenvalue weighted by molar-refractivity contribution is 0.439. The largest absolute Gasteiger partial charge is 0.506 e. The SMILES string of the molecule is Cc1ccccc1Cc1c(-c2ccccc2)ccc(S(=O)(=O)O)c1O. The first-order valence-corrected chi connectivity index (χ1v) is 9.24. The molecule has 4 nitrogen and oxygen atoms in total. The van der Waals surface area contributed by atoms with Gasteiger partial charge < -0.3 is 5.11 Å². The first-order valence-electron chi connectivity index (χ1n) is 7.80. The summed E-state index contributed by atoms with van der Waals surface area (Å²) in [6, 6.07) is 20.0. The van der Waals surface area contributed by atoms with Crippen molar-refractivity contribution in [2.24, 2.45) is 0 Å². The summed E-state index contributed by atoms with van der Waals surface area (Å²) in [5, 5.41) is 10.6. The molecule has 3 rings (SSSR count). The van der Waals surface area contributed by atoms with E-state index in [0.717, 1.165) is 22.3 Å². The Morgan fingerprint density at radius 3 is 2.16 bits per heavy atom. The van der Waals surface area contributed by atoms with Crippen LogP contribution in [0.4, 0.5) is 0 Å². The standard InChI is InChI=1S/C20H18O4S/c1-14-7-5-6-10-16(14)13-18-17(15-8-3-2-4-9-15)11-12-19(20(18)21)25(22,23)24/h2-12,21H,13H2,1H3,(H,22,23,24). The molecule has 3 aromatic carbocycles. The van der Waals surface area contributed by atoms with E-state index in [0.29, 0.717) is 12.0 Å². The summed E-state index contributed by atoms with van der Waals surface area (Å²) in [5.41, 5.74) is 4.08. The van der Waals surface area contributed by atoms with Crippen molar-refractivity contribution in [3.8, 4) is 16.9 Å². The maximum absolute atomic E-state index is 11.6. The molecule has 0 aliphatic carbocycles. The maximum Gasteiger partial charge on any atom is 0.298 e. The van der Waals surface area contributed by atoms with Crippen LogP contribution in [0, 0.1) is 6.92 Å². The van der Waals surface area contributed by atoms with Crippen molar-refractivity contribution in [2.75, 3.05) is 0 Å². The molecule has 5 heteroatoms. The molecule has 25 heavy (non-hydrogen) atoms. The van der Waals surface area contributed by atoms with Crippen LogP contribution in [-0.2, 0) is 16.5 Å². The lowest BCUT2D eigenvalue weighted by atomic mass is 9.92. The summed E-state index contributed by atoms with van der Waals surface area (Å²) in [4.78, 5) is -0.476. The number of aryl methyl sites for hydroxylation is 1. The van der Waals surface area contributed by atoms with Crippen molar-refractivity contribution in [1.82, 2.24) is 0 Å². The average Bonchev–Trinajstić information content (AvgIpc) is 2.58. The topological polar surface area (TPSA) is 74.6 Å². The zero-order chi connectivity index (χ0) is 18.0. The second-order valence-electron chi connectivity index (χ2n) is 5.88. The number of rotatable bonds is 4. The Labute approximate surface area is 147 Å². The van der Waals surface area contributed by atoms with Crippen molar-refractivity contribution >= 4 is 10.1 Å². The third-order valence-electron chi connectivity index (χ3n) is 4.24. The Hall–Kier alpha value is -2.63. The van der Waals surface area contributed by atoms with Gasteiger partial charge in [0.25, 0.3) is 10.1 Å². The van der Waals surface area contributed by atoms with Crippen LogP contribution in [0.2, 0.25) is 0 Å². The van der Waals surface area contributed by atoms with Crippen LogP contribution in [0.25, 0.3) is 11.1 Å². The van der Waals surface area contributed by atoms with E-state index < -0.39 is 20.8 Å². The summed E-state index contributed by atoms with van der Waals surface area (Å²) in [6.45, 7) is 1.96. The molecule has 0 amide bonds. The fourth-order valence-electron chi connectivity index (χ4n) is 2.89. The van der Waals surface area contributed by atoms with E-state index in [-0.39, 0.29) is 0 Å². The fourth-order valence-corrected chi connectivity index (χ4v) is 3.50. The predicted octanol–water partition coefficient (Wildman–Crippen LogP) is 4.21. The second-order valence-corrected chi connectivity index (χ2v) is 7.27. The van der Waals surface area contributed by atoms with Crippen LogP contribution in [0.5, 0.6) is 5.75 Å². The van der Waals surface area contributed by atoms with Crippen LogP contribution in [0.15, 0.2) is 71.6 Å². The monoisotopic (exact) mass is 354 g/mol. The quantitative estimate of drug-likeness (QED) is 0.689. The van der Waals surface area contributed by atoms with E-state index in [9.17, 15) is 18.1 Å². The highest BCUT2D eigenvalue weighted by atomic mass is 32.2. The summed E-state index contributed by atoms with van der Waals surface area (Å²) in [7, 11) is -4.51. The van der Waals surface area contributed by atoms with E-state index in [4.69, 9.17) is 0 Å². The van der Waals surface area contributed by atoms with Crippen molar-refractivity contribution in [1.29, 1.82) is 0 Å². The minimum atomic E-state index is -4.51. The molecule has 0 bridgehead atoms. The van der Waals surface area contributed by atoms with E-state index in [1.165, 1.54) is 6.07 Å². The fraction of sp³-hybridized carbons (Fsp3) is 0.100. The molecule has 0 aromatic heterocycles. The van der Waals surface area contributed by atoms with Gasteiger partial charge in [-0.1, -0.05) is 60.7 Å². The van der Waals surface area contributed by atoms with Crippen molar-refractivity contribution < 1.29 is 18.1 Å². The van der Waals surface area contributed by atoms with Gasteiger partial charge in [0.05, 0.1) is 0 Å². The molecular weight excluding hydrogens is 336 g/mol. The van der Waals surface area contributed by atoms with Gasteiger partial charge >= 0.3 is 0 Å². The van der Waals surface area contributed by atoms with Gasteiger partial charge in [-0.15, -0.1) is 0 Å². The van der Waals surface area contributed by atoms with Crippen LogP contribution in [0.3, 0.4) is 0 Å². The highest BCUT2D eigenvalue weighted by Gasteiger charge is 2.21. The zero-order valence-corrected chi connectivity index (χ0v) is 14.5. The normalized spacial score (nSPS) is 11.4. The minimum Gasteiger partial charge on any atom is -0.506 e. The third-order valence-corrected chi connectivity index (χ3v) is 5.12. The molecule has 0 spiro atoms. The zero-order valence-electron chi connectivity index (χ0n) is 13.7. The van der Waals surface area contributed by atoms with Gasteiger partial charge in [0.1, 0.15) is 10.6 Å². The van der Waals surface area contributed by atoms with Crippen LogP contribution in [-0.4, -0.2) is 18.1 Å². The van der Waals surface area contributed by atoms with Gasteiger partial charge in [0.2, 0.25) is 0 Å². The van der Waals surface area contributed by atoms with Crippen molar-refractivity contribution in [2.45, 2.75) is 18.2 Å². The first kappa shape index (κ1) is 17.2. The molecule has 0 aliphatic rings. The van der Waals surface area contributed by atoms with Crippen molar-refractivity contribution in [3.63, 3.8) is 0 Å². The molecule has 0 saturated carbocycles. The first-order chi connectivity index (χ1) is 11.9. The van der Waals surface area contributed by atoms with Gasteiger partial charge in [-0.05, 0) is 35.2 Å². The van der Waals surface area contributed by atoms with Gasteiger partial charge in [0, 0.05) is 12.0 Å². The van der Waals surface area contributed by atoms with E-state index in [1.807, 2.05) is 61.5 Å². The van der Waals surface area contributed by atoms with E-state index in [2.05, 4.69) is 0 Å². The summed E-state index contributed by atoms with van der Waals surface area (Å²) in [5.74, 6) is -0.410. The van der Waals surface area contributed by atoms with E-state index >= 15 is 0 Å². The molecule has 0 atom stereocenters. The Balaban J connectivity index is 2.23. The summed E-state index contributed by atoms with van der Waals surface area (Å²) < 4.78 is 32.5. The van der Waals surface area contributed by atoms with Crippen LogP contribution >= 0.6 is 0 Å². The predicted molar refractivity (Wildman–Crippen MR) is 97.3 cm³/mol. The molecule has 0 saturated heterocycles. The van der Waals surface area contributed by atoms with Crippen LogP contribution < -0.4 is 0 Å². The molecule has 0 heterocycles. The number of benzene rings is 3. The Morgan fingerprint density at radius 1 is 0.880 bits per heavy atom. The maximum atomic E-state index is 11.6. The van der Waals surface area contributed by atoms with Gasteiger partial charge in [-0.3, -0.25) is 4.55 Å². The number of aromatic hydroxyl groups is 1. The van der Waals surface area contributed by atoms with Gasteiger partial charge in [-0.25, -0.2) is 0 Å². The second kappa shape index (κ2) is 6.70. The number of phenols is 1. The molecule has 2 N–H and O–H groups in total. The molecule has 3 aromatic rings.